The highest BCUT2D eigenvalue weighted by molar-refractivity contribution is 5.93. The summed E-state index contributed by atoms with van der Waals surface area (Å²) in [5, 5.41) is 38.7. The van der Waals surface area contributed by atoms with Crippen LogP contribution in [0, 0.1) is 17.8 Å². The fourth-order valence-electron chi connectivity index (χ4n) is 11.3. The molecule has 4 aromatic rings. The maximum Gasteiger partial charge on any atom is 0.409 e. The minimum atomic E-state index is -4.62. The van der Waals surface area contributed by atoms with Gasteiger partial charge in [-0.1, -0.05) is 51.0 Å². The van der Waals surface area contributed by atoms with Gasteiger partial charge in [-0.15, -0.1) is 16.6 Å². The number of alkyl halides is 3. The first-order valence-electron chi connectivity index (χ1n) is 24.6. The number of rotatable bonds is 9. The highest BCUT2D eigenvalue weighted by Gasteiger charge is 2.57. The van der Waals surface area contributed by atoms with Crippen molar-refractivity contribution in [2.75, 3.05) is 49.5 Å². The van der Waals surface area contributed by atoms with Gasteiger partial charge in [0.2, 0.25) is 17.8 Å². The first kappa shape index (κ1) is 49.5. The molecular formula is C52H62F3N11O5. The van der Waals surface area contributed by atoms with Crippen LogP contribution in [0.3, 0.4) is 0 Å². The number of piperidine rings is 3. The van der Waals surface area contributed by atoms with Crippen LogP contribution in [0.2, 0.25) is 0 Å². The molecule has 376 valence electrons. The third-order valence-electron chi connectivity index (χ3n) is 15.2. The van der Waals surface area contributed by atoms with Crippen molar-refractivity contribution in [2.45, 2.75) is 127 Å². The number of amides is 4. The number of terminal acetylenes is 1. The van der Waals surface area contributed by atoms with Crippen molar-refractivity contribution in [2.24, 2.45) is 5.41 Å². The Morgan fingerprint density at radius 1 is 0.901 bits per heavy atom. The zero-order valence-corrected chi connectivity index (χ0v) is 40.4. The molecule has 0 radical (unpaired) electrons. The van der Waals surface area contributed by atoms with E-state index in [1.807, 2.05) is 39.8 Å². The molecule has 5 aliphatic heterocycles. The van der Waals surface area contributed by atoms with E-state index in [1.54, 1.807) is 53.7 Å². The van der Waals surface area contributed by atoms with Crippen LogP contribution < -0.4 is 20.9 Å². The van der Waals surface area contributed by atoms with E-state index in [4.69, 9.17) is 6.42 Å². The largest absolute Gasteiger partial charge is 0.507 e. The fourth-order valence-corrected chi connectivity index (χ4v) is 11.3. The van der Waals surface area contributed by atoms with Crippen LogP contribution in [0.25, 0.3) is 11.3 Å². The Bertz CT molecular complexity index is 2630. The highest BCUT2D eigenvalue weighted by atomic mass is 19.4. The number of aliphatic hydroxyl groups is 1. The number of β-amino-alcohol motifs (C(OH)–C–C–N with tert-alkyl or cyclic N) is 1. The van der Waals surface area contributed by atoms with Gasteiger partial charge in [0.15, 0.2) is 5.82 Å². The summed E-state index contributed by atoms with van der Waals surface area (Å²) >= 11 is 0. The lowest BCUT2D eigenvalue weighted by atomic mass is 9.82. The molecule has 5 aliphatic rings. The molecule has 0 bridgehead atoms. The monoisotopic (exact) mass is 977 g/mol. The smallest absolute Gasteiger partial charge is 0.409 e. The first-order chi connectivity index (χ1) is 33.9. The number of anilines is 2. The average Bonchev–Trinajstić information content (AvgIpc) is 3.95. The first-order valence-corrected chi connectivity index (χ1v) is 24.6. The Morgan fingerprint density at radius 2 is 1.59 bits per heavy atom. The Kier molecular flexibility index (Phi) is 13.9. The number of urea groups is 1. The van der Waals surface area contributed by atoms with Crippen molar-refractivity contribution >= 4 is 29.6 Å². The Labute approximate surface area is 411 Å². The number of carbonyl (C=O) groups is 3. The molecular weight excluding hydrogens is 916 g/mol. The summed E-state index contributed by atoms with van der Waals surface area (Å²) in [5.74, 6) is 1.19. The van der Waals surface area contributed by atoms with Crippen LogP contribution in [0.15, 0.2) is 67.0 Å². The molecule has 5 N–H and O–H groups in total. The molecule has 0 aliphatic carbocycles. The lowest BCUT2D eigenvalue weighted by molar-refractivity contribution is -0.157. The van der Waals surface area contributed by atoms with Crippen molar-refractivity contribution in [3.63, 3.8) is 0 Å². The van der Waals surface area contributed by atoms with Crippen molar-refractivity contribution in [3.05, 3.63) is 89.2 Å². The molecule has 0 saturated carbocycles. The molecule has 2 aromatic carbocycles. The van der Waals surface area contributed by atoms with Crippen LogP contribution >= 0.6 is 0 Å². The number of benzene rings is 2. The minimum Gasteiger partial charge on any atom is -0.507 e. The summed E-state index contributed by atoms with van der Waals surface area (Å²) in [6, 6.07) is 10.6. The van der Waals surface area contributed by atoms with Crippen LogP contribution in [0.4, 0.5) is 29.7 Å². The van der Waals surface area contributed by atoms with Crippen molar-refractivity contribution in [1.29, 1.82) is 0 Å². The molecule has 4 fully saturated rings. The summed E-state index contributed by atoms with van der Waals surface area (Å²) in [5.41, 5.74) is 2.80. The molecule has 7 atom stereocenters. The van der Waals surface area contributed by atoms with Gasteiger partial charge in [-0.3, -0.25) is 9.59 Å². The molecule has 16 nitrogen and oxygen atoms in total. The summed E-state index contributed by atoms with van der Waals surface area (Å²) in [4.78, 5) is 57.7. The molecule has 4 amide bonds. The number of likely N-dealkylation sites (tertiary alicyclic amines) is 3. The molecule has 0 spiro atoms. The molecule has 9 rings (SSSR count). The van der Waals surface area contributed by atoms with Crippen molar-refractivity contribution in [3.8, 4) is 29.4 Å². The number of phenols is 1. The van der Waals surface area contributed by atoms with E-state index in [2.05, 4.69) is 46.9 Å². The second kappa shape index (κ2) is 19.9. The number of hydrogen-bond acceptors (Lipinski definition) is 12. The number of aromatic hydroxyl groups is 1. The Balaban J connectivity index is 0.777. The van der Waals surface area contributed by atoms with Gasteiger partial charge in [-0.05, 0) is 105 Å². The summed E-state index contributed by atoms with van der Waals surface area (Å²) < 4.78 is 45.5. The number of phenolic OH excluding ortho intramolecular Hbond substituents is 1. The third kappa shape index (κ3) is 10.3. The number of halogens is 3. The molecule has 19 heteroatoms. The Morgan fingerprint density at radius 3 is 2.24 bits per heavy atom. The van der Waals surface area contributed by atoms with Crippen LogP contribution in [-0.4, -0.2) is 145 Å². The summed E-state index contributed by atoms with van der Waals surface area (Å²) in [7, 11) is 0. The number of nitrogens with zero attached hydrogens (tertiary/aromatic N) is 8. The van der Waals surface area contributed by atoms with Crippen LogP contribution in [0.5, 0.6) is 5.75 Å². The third-order valence-corrected chi connectivity index (χ3v) is 15.2. The predicted molar refractivity (Wildman–Crippen MR) is 260 cm³/mol. The maximum atomic E-state index is 15.2. The zero-order chi connectivity index (χ0) is 50.4. The lowest BCUT2D eigenvalue weighted by Gasteiger charge is -2.43. The number of hydrogen-bond donors (Lipinski definition) is 5. The second-order valence-corrected chi connectivity index (χ2v) is 20.8. The number of aromatic nitrogens is 4. The van der Waals surface area contributed by atoms with Crippen molar-refractivity contribution < 1.29 is 37.8 Å². The van der Waals surface area contributed by atoms with Gasteiger partial charge in [0.05, 0.1) is 17.8 Å². The van der Waals surface area contributed by atoms with Gasteiger partial charge in [-0.2, -0.15) is 13.2 Å². The SMILES string of the molecule is C#Cc1ccc([C@H](C)NC(=O)[C@@H]2C[C@@H](O)CN2C(=O)[C@@H](NC(=O)N2CCC(N3CCC(c4cnc(N5CCC6Nc7nnc(-c8ccccc8O)cc7C6[C@H]5C(F)(F)F)nc4)CC3)CC2)C(C)(C)C)cc1. The predicted octanol–water partition coefficient (Wildman–Crippen LogP) is 5.95. The standard InChI is InChI=1S/C52H62F3N11O5/c1-6-31-11-13-32(14-12-31)30(2)58-47(69)41-25-36(67)29-66(41)48(70)44(51(3,4)5)60-50(71)64-22-17-35(18-23-64)63-20-15-33(16-21-63)34-27-56-49(57-28-34)65-24-19-39-43(45(65)52(53,54)55)38-26-40(61-62-46(38)59-39)37-9-7-8-10-42(37)68/h1,7-14,26-28,30,33,35-36,39,41,43-45,67-68H,15-25,29H2,2-5H3,(H,58,69)(H,59,62)(H,60,71)/t30-,36+,39?,41-,43?,44+,45-/m0/s1. The van der Waals surface area contributed by atoms with Crippen molar-refractivity contribution in [1.82, 2.24) is 45.5 Å². The molecule has 4 saturated heterocycles. The van der Waals surface area contributed by atoms with Crippen LogP contribution in [0.1, 0.15) is 106 Å². The second-order valence-electron chi connectivity index (χ2n) is 20.8. The number of para-hydroxylation sites is 1. The fraction of sp³-hybridized carbons (Fsp3) is 0.519. The van der Waals surface area contributed by atoms with Gasteiger partial charge < -0.3 is 45.8 Å². The zero-order valence-electron chi connectivity index (χ0n) is 40.4. The van der Waals surface area contributed by atoms with Gasteiger partial charge in [0.1, 0.15) is 23.9 Å². The van der Waals surface area contributed by atoms with E-state index in [-0.39, 0.29) is 66.8 Å². The normalized spacial score (nSPS) is 24.0. The quantitative estimate of drug-likeness (QED) is 0.124. The summed E-state index contributed by atoms with van der Waals surface area (Å²) in [6.07, 6.45) is 6.94. The van der Waals surface area contributed by atoms with Gasteiger partial charge in [0.25, 0.3) is 0 Å². The number of aliphatic hydroxyl groups excluding tert-OH is 1. The lowest BCUT2D eigenvalue weighted by Crippen LogP contribution is -2.60. The number of nitrogens with one attached hydrogen (secondary N) is 3. The minimum absolute atomic E-state index is 0.0220. The van der Waals surface area contributed by atoms with Gasteiger partial charge in [-0.25, -0.2) is 14.8 Å². The number of fused-ring (bicyclic) bond motifs is 3. The maximum absolute atomic E-state index is 15.2. The molecule has 71 heavy (non-hydrogen) atoms. The Hall–Kier alpha value is -6.52. The molecule has 2 unspecified atom stereocenters. The van der Waals surface area contributed by atoms with E-state index in [9.17, 15) is 24.6 Å². The van der Waals surface area contributed by atoms with Gasteiger partial charge in [0, 0.05) is 79.7 Å². The van der Waals surface area contributed by atoms with Crippen LogP contribution in [-0.2, 0) is 9.59 Å². The highest BCUT2D eigenvalue weighted by Crippen LogP contribution is 2.49. The van der Waals surface area contributed by atoms with E-state index < -0.39 is 53.7 Å². The van der Waals surface area contributed by atoms with E-state index in [1.165, 1.54) is 15.9 Å². The topological polar surface area (TPSA) is 192 Å². The summed E-state index contributed by atoms with van der Waals surface area (Å²) in [6.45, 7) is 10.1. The van der Waals surface area contributed by atoms with E-state index >= 15 is 13.2 Å². The average molecular weight is 978 g/mol. The van der Waals surface area contributed by atoms with Gasteiger partial charge >= 0.3 is 12.2 Å². The van der Waals surface area contributed by atoms with E-state index in [0.717, 1.165) is 55.5 Å². The van der Waals surface area contributed by atoms with E-state index in [0.29, 0.717) is 36.5 Å². The molecule has 7 heterocycles. The molecule has 2 aromatic heterocycles. The number of carbonyl (C=O) groups excluding carboxylic acids is 3.